The third-order valence-corrected chi connectivity index (χ3v) is 6.17. The molecule has 1 saturated carbocycles. The van der Waals surface area contributed by atoms with Gasteiger partial charge in [-0.05, 0) is 24.8 Å². The Labute approximate surface area is 170 Å². The summed E-state index contributed by atoms with van der Waals surface area (Å²) in [7, 11) is 0. The van der Waals surface area contributed by atoms with Crippen molar-refractivity contribution in [2.75, 3.05) is 11.9 Å². The summed E-state index contributed by atoms with van der Waals surface area (Å²) in [6, 6.07) is 10.2. The van der Waals surface area contributed by atoms with Gasteiger partial charge in [-0.25, -0.2) is 0 Å². The number of hydrogen-bond acceptors (Lipinski definition) is 5. The van der Waals surface area contributed by atoms with E-state index in [1.807, 2.05) is 18.2 Å². The molecule has 0 aliphatic heterocycles. The molecule has 2 N–H and O–H groups in total. The molecule has 7 heteroatoms. The minimum absolute atomic E-state index is 0.0827. The molecule has 2 amide bonds. The Morgan fingerprint density at radius 1 is 1.14 bits per heavy atom. The fraction of sp³-hybridized carbons (Fsp3) is 0.524. The first-order valence-electron chi connectivity index (χ1n) is 10.1. The number of benzene rings is 1. The van der Waals surface area contributed by atoms with Gasteiger partial charge in [-0.1, -0.05) is 67.9 Å². The van der Waals surface area contributed by atoms with Crippen molar-refractivity contribution in [2.45, 2.75) is 57.8 Å². The molecule has 3 rings (SSSR count). The average Bonchev–Trinajstić information content (AvgIpc) is 3.18. The molecule has 1 aromatic heterocycles. The zero-order valence-corrected chi connectivity index (χ0v) is 17.1. The summed E-state index contributed by atoms with van der Waals surface area (Å²) < 4.78 is 0. The van der Waals surface area contributed by atoms with Gasteiger partial charge < -0.3 is 10.6 Å². The van der Waals surface area contributed by atoms with Crippen LogP contribution in [0.1, 0.15) is 68.4 Å². The first kappa shape index (κ1) is 20.5. The Morgan fingerprint density at radius 2 is 1.89 bits per heavy atom. The van der Waals surface area contributed by atoms with Gasteiger partial charge in [0.25, 0.3) is 0 Å². The Bertz CT molecular complexity index is 772. The molecule has 1 aliphatic carbocycles. The van der Waals surface area contributed by atoms with Gasteiger partial charge in [-0.2, -0.15) is 0 Å². The second-order valence-corrected chi connectivity index (χ2v) is 8.25. The van der Waals surface area contributed by atoms with E-state index in [1.165, 1.54) is 23.3 Å². The molecule has 2 aromatic rings. The number of nitrogens with one attached hydrogen (secondary N) is 2. The van der Waals surface area contributed by atoms with Crippen LogP contribution in [0.25, 0.3) is 0 Å². The second kappa shape index (κ2) is 10.3. The van der Waals surface area contributed by atoms with E-state index in [9.17, 15) is 9.59 Å². The fourth-order valence-electron chi connectivity index (χ4n) is 3.65. The van der Waals surface area contributed by atoms with Gasteiger partial charge in [0.15, 0.2) is 0 Å². The lowest BCUT2D eigenvalue weighted by Crippen LogP contribution is -2.34. The molecular weight excluding hydrogens is 372 g/mol. The topological polar surface area (TPSA) is 84.0 Å². The van der Waals surface area contributed by atoms with Crippen LogP contribution in [0, 0.1) is 5.92 Å². The van der Waals surface area contributed by atoms with E-state index in [0.717, 1.165) is 37.1 Å². The normalized spacial score (nSPS) is 15.8. The van der Waals surface area contributed by atoms with Crippen LogP contribution in [0.3, 0.4) is 0 Å². The summed E-state index contributed by atoms with van der Waals surface area (Å²) >= 11 is 1.41. The van der Waals surface area contributed by atoms with Crippen LogP contribution in [0.4, 0.5) is 5.13 Å². The van der Waals surface area contributed by atoms with E-state index in [4.69, 9.17) is 0 Å². The molecule has 0 bridgehead atoms. The Kier molecular flexibility index (Phi) is 7.54. The van der Waals surface area contributed by atoms with Crippen molar-refractivity contribution < 1.29 is 9.59 Å². The molecule has 150 valence electrons. The number of anilines is 1. The zero-order valence-electron chi connectivity index (χ0n) is 16.3. The molecule has 1 fully saturated rings. The summed E-state index contributed by atoms with van der Waals surface area (Å²) in [5.41, 5.74) is 1.20. The standard InChI is InChI=1S/C21H28N4O2S/c1-2-17(15-9-5-3-6-10-15)20-24-25-21(28-20)23-18(26)13-14-22-19(27)16-11-7-4-8-12-16/h3,5-6,9-10,16-17H,2,4,7-8,11-14H2,1H3,(H,22,27)(H,23,25,26). The fourth-order valence-corrected chi connectivity index (χ4v) is 4.63. The first-order valence-corrected chi connectivity index (χ1v) is 10.9. The molecule has 0 saturated heterocycles. The van der Waals surface area contributed by atoms with Crippen molar-refractivity contribution in [3.05, 3.63) is 40.9 Å². The van der Waals surface area contributed by atoms with Gasteiger partial charge in [0.2, 0.25) is 16.9 Å². The van der Waals surface area contributed by atoms with Gasteiger partial charge in [0.05, 0.1) is 0 Å². The van der Waals surface area contributed by atoms with Crippen LogP contribution in [-0.2, 0) is 9.59 Å². The van der Waals surface area contributed by atoms with E-state index in [0.29, 0.717) is 11.7 Å². The summed E-state index contributed by atoms with van der Waals surface area (Å²) in [5, 5.41) is 15.5. The Morgan fingerprint density at radius 3 is 2.61 bits per heavy atom. The summed E-state index contributed by atoms with van der Waals surface area (Å²) in [5.74, 6) is 0.226. The van der Waals surface area contributed by atoms with Gasteiger partial charge in [0.1, 0.15) is 5.01 Å². The molecule has 1 aromatic carbocycles. The van der Waals surface area contributed by atoms with Crippen LogP contribution >= 0.6 is 11.3 Å². The first-order chi connectivity index (χ1) is 13.7. The Balaban J connectivity index is 1.46. The lowest BCUT2D eigenvalue weighted by molar-refractivity contribution is -0.126. The highest BCUT2D eigenvalue weighted by molar-refractivity contribution is 7.15. The van der Waals surface area contributed by atoms with Crippen molar-refractivity contribution in [1.29, 1.82) is 0 Å². The van der Waals surface area contributed by atoms with E-state index >= 15 is 0 Å². The molecule has 1 atom stereocenters. The van der Waals surface area contributed by atoms with Crippen LogP contribution in [-0.4, -0.2) is 28.6 Å². The number of hydrogen-bond donors (Lipinski definition) is 2. The maximum Gasteiger partial charge on any atom is 0.227 e. The smallest absolute Gasteiger partial charge is 0.227 e. The number of aromatic nitrogens is 2. The van der Waals surface area contributed by atoms with Gasteiger partial charge in [0, 0.05) is 24.8 Å². The average molecular weight is 401 g/mol. The maximum atomic E-state index is 12.2. The van der Waals surface area contributed by atoms with Crippen LogP contribution in [0.15, 0.2) is 30.3 Å². The minimum Gasteiger partial charge on any atom is -0.355 e. The van der Waals surface area contributed by atoms with E-state index < -0.39 is 0 Å². The number of carbonyl (C=O) groups excluding carboxylic acids is 2. The maximum absolute atomic E-state index is 12.2. The molecule has 0 radical (unpaired) electrons. The molecular formula is C21H28N4O2S. The lowest BCUT2D eigenvalue weighted by Gasteiger charge is -2.20. The molecule has 1 unspecified atom stereocenters. The van der Waals surface area contributed by atoms with Crippen LogP contribution in [0.5, 0.6) is 0 Å². The lowest BCUT2D eigenvalue weighted by atomic mass is 9.89. The van der Waals surface area contributed by atoms with E-state index in [-0.39, 0.29) is 30.1 Å². The highest BCUT2D eigenvalue weighted by Crippen LogP contribution is 2.31. The molecule has 0 spiro atoms. The quantitative estimate of drug-likeness (QED) is 0.698. The van der Waals surface area contributed by atoms with Crippen molar-refractivity contribution in [2.24, 2.45) is 5.92 Å². The SMILES string of the molecule is CCC(c1ccccc1)c1nnc(NC(=O)CCNC(=O)C2CCCCC2)s1. The summed E-state index contributed by atoms with van der Waals surface area (Å²) in [6.07, 6.45) is 6.55. The summed E-state index contributed by atoms with van der Waals surface area (Å²) in [4.78, 5) is 24.3. The third-order valence-electron chi connectivity index (χ3n) is 5.22. The van der Waals surface area contributed by atoms with Crippen molar-refractivity contribution in [3.63, 3.8) is 0 Å². The molecule has 6 nitrogen and oxygen atoms in total. The highest BCUT2D eigenvalue weighted by Gasteiger charge is 2.21. The minimum atomic E-state index is -0.153. The third kappa shape index (κ3) is 5.61. The number of rotatable bonds is 8. The highest BCUT2D eigenvalue weighted by atomic mass is 32.1. The van der Waals surface area contributed by atoms with Crippen molar-refractivity contribution >= 4 is 28.3 Å². The zero-order chi connectivity index (χ0) is 19.8. The monoisotopic (exact) mass is 400 g/mol. The van der Waals surface area contributed by atoms with Gasteiger partial charge in [-0.3, -0.25) is 9.59 Å². The van der Waals surface area contributed by atoms with Gasteiger partial charge in [-0.15, -0.1) is 10.2 Å². The van der Waals surface area contributed by atoms with Crippen LogP contribution < -0.4 is 10.6 Å². The number of nitrogens with zero attached hydrogens (tertiary/aromatic N) is 2. The largest absolute Gasteiger partial charge is 0.355 e. The predicted molar refractivity (Wildman–Crippen MR) is 111 cm³/mol. The van der Waals surface area contributed by atoms with Crippen molar-refractivity contribution in [3.8, 4) is 0 Å². The van der Waals surface area contributed by atoms with Gasteiger partial charge >= 0.3 is 0 Å². The Hall–Kier alpha value is -2.28. The summed E-state index contributed by atoms with van der Waals surface area (Å²) in [6.45, 7) is 2.47. The molecule has 28 heavy (non-hydrogen) atoms. The molecule has 1 aliphatic rings. The van der Waals surface area contributed by atoms with E-state index in [1.54, 1.807) is 0 Å². The second-order valence-electron chi connectivity index (χ2n) is 7.24. The number of amides is 2. The molecule has 1 heterocycles. The van der Waals surface area contributed by atoms with Crippen LogP contribution in [0.2, 0.25) is 0 Å². The van der Waals surface area contributed by atoms with E-state index in [2.05, 4.69) is 39.9 Å². The predicted octanol–water partition coefficient (Wildman–Crippen LogP) is 4.11. The number of carbonyl (C=O) groups is 2. The van der Waals surface area contributed by atoms with Crippen molar-refractivity contribution in [1.82, 2.24) is 15.5 Å².